The minimum atomic E-state index is 0.773. The van der Waals surface area contributed by atoms with E-state index < -0.39 is 0 Å². The molecule has 0 aromatic heterocycles. The minimum absolute atomic E-state index is 0.773. The third-order valence-corrected chi connectivity index (χ3v) is 3.84. The molecule has 1 aliphatic carbocycles. The third kappa shape index (κ3) is 2.05. The van der Waals surface area contributed by atoms with Gasteiger partial charge in [0.05, 0.1) is 0 Å². The van der Waals surface area contributed by atoms with E-state index in [1.807, 2.05) is 0 Å². The highest BCUT2D eigenvalue weighted by atomic mass is 15.2. The molecule has 1 heterocycles. The van der Waals surface area contributed by atoms with Crippen molar-refractivity contribution >= 4 is 0 Å². The topological polar surface area (TPSA) is 29.3 Å². The van der Waals surface area contributed by atoms with Crippen molar-refractivity contribution < 1.29 is 0 Å². The van der Waals surface area contributed by atoms with Gasteiger partial charge in [0.1, 0.15) is 0 Å². The molecule has 2 rings (SSSR count). The average Bonchev–Trinajstić information content (AvgIpc) is 2.39. The molecular formula is C11H22N2. The maximum Gasteiger partial charge on any atom is 0.00707 e. The van der Waals surface area contributed by atoms with Gasteiger partial charge in [0.2, 0.25) is 0 Å². The molecule has 2 nitrogen and oxygen atoms in total. The van der Waals surface area contributed by atoms with Crippen LogP contribution in [0.15, 0.2) is 0 Å². The van der Waals surface area contributed by atoms with Crippen molar-refractivity contribution in [3.63, 3.8) is 0 Å². The van der Waals surface area contributed by atoms with Gasteiger partial charge in [-0.05, 0) is 44.6 Å². The first-order valence-electron chi connectivity index (χ1n) is 5.73. The van der Waals surface area contributed by atoms with E-state index in [1.165, 1.54) is 38.8 Å². The van der Waals surface area contributed by atoms with Crippen molar-refractivity contribution in [1.82, 2.24) is 4.90 Å². The molecule has 2 heteroatoms. The third-order valence-electron chi connectivity index (χ3n) is 3.84. The summed E-state index contributed by atoms with van der Waals surface area (Å²) in [5.41, 5.74) is 5.71. The molecule has 2 aliphatic rings. The smallest absolute Gasteiger partial charge is 0.00707 e. The molecule has 2 atom stereocenters. The van der Waals surface area contributed by atoms with E-state index in [4.69, 9.17) is 5.73 Å². The summed E-state index contributed by atoms with van der Waals surface area (Å²) in [4.78, 5) is 2.65. The molecule has 0 amide bonds. The van der Waals surface area contributed by atoms with Crippen molar-refractivity contribution in [2.45, 2.75) is 38.6 Å². The molecule has 0 bridgehead atoms. The molecule has 2 N–H and O–H groups in total. The van der Waals surface area contributed by atoms with Crippen LogP contribution in [-0.4, -0.2) is 30.6 Å². The molecule has 0 aromatic rings. The maximum atomic E-state index is 5.71. The highest BCUT2D eigenvalue weighted by Gasteiger charge is 2.30. The van der Waals surface area contributed by atoms with E-state index >= 15 is 0 Å². The second kappa shape index (κ2) is 3.97. The Balaban J connectivity index is 1.78. The van der Waals surface area contributed by atoms with Gasteiger partial charge in [-0.2, -0.15) is 0 Å². The van der Waals surface area contributed by atoms with Gasteiger partial charge in [-0.15, -0.1) is 0 Å². The first-order valence-corrected chi connectivity index (χ1v) is 5.73. The summed E-state index contributed by atoms with van der Waals surface area (Å²) in [5, 5.41) is 0. The fourth-order valence-corrected chi connectivity index (χ4v) is 2.65. The lowest BCUT2D eigenvalue weighted by molar-refractivity contribution is 0.171. The van der Waals surface area contributed by atoms with Gasteiger partial charge in [-0.1, -0.05) is 6.42 Å². The summed E-state index contributed by atoms with van der Waals surface area (Å²) in [7, 11) is 0. The lowest BCUT2D eigenvalue weighted by atomic mass is 9.85. The van der Waals surface area contributed by atoms with Crippen LogP contribution in [0.25, 0.3) is 0 Å². The van der Waals surface area contributed by atoms with E-state index in [0.717, 1.165) is 24.4 Å². The standard InChI is InChI=1S/C11H22N2/c1-9-5-11(6-12)8-13(9)7-10-3-2-4-10/h9-11H,2-8,12H2,1H3. The Hall–Kier alpha value is -0.0800. The molecular weight excluding hydrogens is 160 g/mol. The van der Waals surface area contributed by atoms with Crippen LogP contribution in [0.4, 0.5) is 0 Å². The summed E-state index contributed by atoms with van der Waals surface area (Å²) in [6, 6.07) is 0.786. The van der Waals surface area contributed by atoms with Crippen LogP contribution in [0.3, 0.4) is 0 Å². The normalized spacial score (nSPS) is 36.5. The molecule has 0 spiro atoms. The zero-order valence-corrected chi connectivity index (χ0v) is 8.71. The van der Waals surface area contributed by atoms with Gasteiger partial charge in [0.15, 0.2) is 0 Å². The zero-order chi connectivity index (χ0) is 9.26. The summed E-state index contributed by atoms with van der Waals surface area (Å²) < 4.78 is 0. The van der Waals surface area contributed by atoms with E-state index in [9.17, 15) is 0 Å². The fraction of sp³-hybridized carbons (Fsp3) is 1.00. The quantitative estimate of drug-likeness (QED) is 0.716. The van der Waals surface area contributed by atoms with Crippen LogP contribution in [0.2, 0.25) is 0 Å². The van der Waals surface area contributed by atoms with Crippen LogP contribution in [0, 0.1) is 11.8 Å². The van der Waals surface area contributed by atoms with Gasteiger partial charge in [0, 0.05) is 19.1 Å². The molecule has 1 saturated heterocycles. The minimum Gasteiger partial charge on any atom is -0.330 e. The van der Waals surface area contributed by atoms with E-state index in [2.05, 4.69) is 11.8 Å². The van der Waals surface area contributed by atoms with Crippen LogP contribution in [-0.2, 0) is 0 Å². The Morgan fingerprint density at radius 2 is 2.08 bits per heavy atom. The van der Waals surface area contributed by atoms with Crippen molar-refractivity contribution in [2.75, 3.05) is 19.6 Å². The van der Waals surface area contributed by atoms with Gasteiger partial charge < -0.3 is 10.6 Å². The van der Waals surface area contributed by atoms with Crippen molar-refractivity contribution in [2.24, 2.45) is 17.6 Å². The maximum absolute atomic E-state index is 5.71. The second-order valence-electron chi connectivity index (χ2n) is 4.94. The lowest BCUT2D eigenvalue weighted by Gasteiger charge is -2.32. The Kier molecular flexibility index (Phi) is 2.89. The van der Waals surface area contributed by atoms with Gasteiger partial charge in [-0.25, -0.2) is 0 Å². The Morgan fingerprint density at radius 3 is 2.54 bits per heavy atom. The molecule has 2 unspecified atom stereocenters. The fourth-order valence-electron chi connectivity index (χ4n) is 2.65. The molecule has 76 valence electrons. The highest BCUT2D eigenvalue weighted by molar-refractivity contribution is 4.85. The van der Waals surface area contributed by atoms with E-state index in [1.54, 1.807) is 0 Å². The Labute approximate surface area is 81.5 Å². The SMILES string of the molecule is CC1CC(CN)CN1CC1CCC1. The zero-order valence-electron chi connectivity index (χ0n) is 8.71. The van der Waals surface area contributed by atoms with Gasteiger partial charge in [0.25, 0.3) is 0 Å². The molecule has 13 heavy (non-hydrogen) atoms. The Morgan fingerprint density at radius 1 is 1.31 bits per heavy atom. The number of likely N-dealkylation sites (tertiary alicyclic amines) is 1. The first kappa shape index (κ1) is 9.47. The van der Waals surface area contributed by atoms with Crippen molar-refractivity contribution in [3.05, 3.63) is 0 Å². The second-order valence-corrected chi connectivity index (χ2v) is 4.94. The lowest BCUT2D eigenvalue weighted by Crippen LogP contribution is -2.35. The highest BCUT2D eigenvalue weighted by Crippen LogP contribution is 2.30. The van der Waals surface area contributed by atoms with Crippen molar-refractivity contribution in [1.29, 1.82) is 0 Å². The van der Waals surface area contributed by atoms with Crippen LogP contribution < -0.4 is 5.73 Å². The average molecular weight is 182 g/mol. The molecule has 1 saturated carbocycles. The Bertz CT molecular complexity index is 165. The monoisotopic (exact) mass is 182 g/mol. The first-order chi connectivity index (χ1) is 6.29. The predicted molar refractivity (Wildman–Crippen MR) is 55.5 cm³/mol. The predicted octanol–water partition coefficient (Wildman–Crippen LogP) is 1.46. The number of nitrogens with two attached hydrogens (primary N) is 1. The van der Waals surface area contributed by atoms with Crippen molar-refractivity contribution in [3.8, 4) is 0 Å². The summed E-state index contributed by atoms with van der Waals surface area (Å²) in [5.74, 6) is 1.79. The number of hydrogen-bond donors (Lipinski definition) is 1. The summed E-state index contributed by atoms with van der Waals surface area (Å²) >= 11 is 0. The van der Waals surface area contributed by atoms with Gasteiger partial charge >= 0.3 is 0 Å². The van der Waals surface area contributed by atoms with Crippen LogP contribution >= 0.6 is 0 Å². The molecule has 0 radical (unpaired) electrons. The van der Waals surface area contributed by atoms with Gasteiger partial charge in [-0.3, -0.25) is 0 Å². The van der Waals surface area contributed by atoms with E-state index in [0.29, 0.717) is 0 Å². The van der Waals surface area contributed by atoms with Crippen LogP contribution in [0.5, 0.6) is 0 Å². The number of nitrogens with zero attached hydrogens (tertiary/aromatic N) is 1. The molecule has 0 aromatic carbocycles. The number of hydrogen-bond acceptors (Lipinski definition) is 2. The van der Waals surface area contributed by atoms with E-state index in [-0.39, 0.29) is 0 Å². The molecule has 1 aliphatic heterocycles. The number of rotatable bonds is 3. The summed E-state index contributed by atoms with van der Waals surface area (Å²) in [6.45, 7) is 5.84. The molecule has 2 fully saturated rings. The summed E-state index contributed by atoms with van der Waals surface area (Å²) in [6.07, 6.45) is 5.73. The van der Waals surface area contributed by atoms with Crippen LogP contribution in [0.1, 0.15) is 32.6 Å². The largest absolute Gasteiger partial charge is 0.330 e.